The van der Waals surface area contributed by atoms with Crippen LogP contribution in [0.25, 0.3) is 10.9 Å². The lowest BCUT2D eigenvalue weighted by atomic mass is 10.1. The maximum Gasteiger partial charge on any atom is 0.336 e. The molecule has 2 aromatic rings. The molecule has 0 atom stereocenters. The molecular weight excluding hydrogens is 228 g/mol. The molecule has 18 heavy (non-hydrogen) atoms. The number of hydrogen-bond donors (Lipinski definition) is 2. The Labute approximate surface area is 106 Å². The largest absolute Gasteiger partial charge is 0.478 e. The molecule has 0 saturated carbocycles. The minimum Gasteiger partial charge on any atom is -0.478 e. The van der Waals surface area contributed by atoms with Gasteiger partial charge in [0.05, 0.1) is 11.1 Å². The Balaban J connectivity index is 2.47. The SMILES string of the molecule is CC(C)CNc1cc(C(=O)O)c2ccccc2n1. The predicted molar refractivity (Wildman–Crippen MR) is 72.0 cm³/mol. The number of carboxylic acid groups (broad SMARTS) is 1. The number of para-hydroxylation sites is 1. The quantitative estimate of drug-likeness (QED) is 0.867. The fraction of sp³-hybridized carbons (Fsp3) is 0.286. The van der Waals surface area contributed by atoms with Gasteiger partial charge in [0, 0.05) is 11.9 Å². The van der Waals surface area contributed by atoms with Crippen molar-refractivity contribution in [1.82, 2.24) is 4.98 Å². The van der Waals surface area contributed by atoms with Crippen molar-refractivity contribution in [3.63, 3.8) is 0 Å². The van der Waals surface area contributed by atoms with Gasteiger partial charge in [-0.05, 0) is 18.1 Å². The summed E-state index contributed by atoms with van der Waals surface area (Å²) in [5.41, 5.74) is 0.982. The maximum atomic E-state index is 11.2. The van der Waals surface area contributed by atoms with Crippen LogP contribution in [0.5, 0.6) is 0 Å². The second-order valence-electron chi connectivity index (χ2n) is 4.65. The fourth-order valence-electron chi connectivity index (χ4n) is 1.75. The van der Waals surface area contributed by atoms with E-state index < -0.39 is 5.97 Å². The zero-order chi connectivity index (χ0) is 13.1. The van der Waals surface area contributed by atoms with Crippen molar-refractivity contribution in [2.45, 2.75) is 13.8 Å². The molecule has 1 heterocycles. The van der Waals surface area contributed by atoms with Gasteiger partial charge >= 0.3 is 5.97 Å². The predicted octanol–water partition coefficient (Wildman–Crippen LogP) is 3.00. The van der Waals surface area contributed by atoms with Crippen molar-refractivity contribution in [2.75, 3.05) is 11.9 Å². The van der Waals surface area contributed by atoms with Crippen LogP contribution in [0, 0.1) is 5.92 Å². The average molecular weight is 244 g/mol. The van der Waals surface area contributed by atoms with Gasteiger partial charge in [0.1, 0.15) is 5.82 Å². The van der Waals surface area contributed by atoms with E-state index >= 15 is 0 Å². The summed E-state index contributed by atoms with van der Waals surface area (Å²) in [7, 11) is 0. The number of anilines is 1. The molecular formula is C14H16N2O2. The van der Waals surface area contributed by atoms with Crippen molar-refractivity contribution in [3.8, 4) is 0 Å². The minimum absolute atomic E-state index is 0.284. The molecule has 1 aromatic heterocycles. The number of fused-ring (bicyclic) bond motifs is 1. The van der Waals surface area contributed by atoms with Crippen molar-refractivity contribution >= 4 is 22.7 Å². The van der Waals surface area contributed by atoms with Crippen molar-refractivity contribution < 1.29 is 9.90 Å². The highest BCUT2D eigenvalue weighted by Gasteiger charge is 2.11. The lowest BCUT2D eigenvalue weighted by Crippen LogP contribution is -2.10. The van der Waals surface area contributed by atoms with Gasteiger partial charge in [0.25, 0.3) is 0 Å². The van der Waals surface area contributed by atoms with Crippen LogP contribution >= 0.6 is 0 Å². The van der Waals surface area contributed by atoms with Crippen molar-refractivity contribution in [2.24, 2.45) is 5.92 Å². The first kappa shape index (κ1) is 12.4. The third kappa shape index (κ3) is 2.59. The number of hydrogen-bond acceptors (Lipinski definition) is 3. The normalized spacial score (nSPS) is 10.8. The third-order valence-electron chi connectivity index (χ3n) is 2.64. The van der Waals surface area contributed by atoms with Crippen LogP contribution in [0.1, 0.15) is 24.2 Å². The molecule has 0 aliphatic heterocycles. The highest BCUT2D eigenvalue weighted by atomic mass is 16.4. The summed E-state index contributed by atoms with van der Waals surface area (Å²) in [6.45, 7) is 4.95. The Bertz CT molecular complexity index is 579. The van der Waals surface area contributed by atoms with Crippen LogP contribution in [0.4, 0.5) is 5.82 Å². The molecule has 2 N–H and O–H groups in total. The van der Waals surface area contributed by atoms with Crippen molar-refractivity contribution in [1.29, 1.82) is 0 Å². The van der Waals surface area contributed by atoms with Crippen LogP contribution in [0.2, 0.25) is 0 Å². The first-order valence-corrected chi connectivity index (χ1v) is 5.95. The molecule has 2 rings (SSSR count). The van der Waals surface area contributed by atoms with Crippen LogP contribution in [-0.4, -0.2) is 22.6 Å². The monoisotopic (exact) mass is 244 g/mol. The van der Waals surface area contributed by atoms with E-state index in [1.54, 1.807) is 12.1 Å². The van der Waals surface area contributed by atoms with E-state index in [0.29, 0.717) is 22.6 Å². The van der Waals surface area contributed by atoms with Gasteiger partial charge in [-0.25, -0.2) is 9.78 Å². The average Bonchev–Trinajstić information content (AvgIpc) is 2.35. The molecule has 0 radical (unpaired) electrons. The minimum atomic E-state index is -0.929. The number of benzene rings is 1. The van der Waals surface area contributed by atoms with Gasteiger partial charge in [-0.15, -0.1) is 0 Å². The van der Waals surface area contributed by atoms with E-state index in [1.165, 1.54) is 0 Å². The lowest BCUT2D eigenvalue weighted by Gasteiger charge is -2.10. The van der Waals surface area contributed by atoms with Gasteiger partial charge in [-0.2, -0.15) is 0 Å². The van der Waals surface area contributed by atoms with E-state index in [1.807, 2.05) is 18.2 Å². The molecule has 0 unspecified atom stereocenters. The Morgan fingerprint density at radius 3 is 2.78 bits per heavy atom. The summed E-state index contributed by atoms with van der Waals surface area (Å²) in [4.78, 5) is 15.7. The smallest absolute Gasteiger partial charge is 0.336 e. The Morgan fingerprint density at radius 2 is 2.11 bits per heavy atom. The number of pyridine rings is 1. The molecule has 0 aliphatic carbocycles. The lowest BCUT2D eigenvalue weighted by molar-refractivity contribution is 0.0699. The summed E-state index contributed by atoms with van der Waals surface area (Å²) in [6.07, 6.45) is 0. The molecule has 0 bridgehead atoms. The van der Waals surface area contributed by atoms with Gasteiger partial charge in [-0.1, -0.05) is 32.0 Å². The Morgan fingerprint density at radius 1 is 1.39 bits per heavy atom. The highest BCUT2D eigenvalue weighted by Crippen LogP contribution is 2.20. The molecule has 0 spiro atoms. The van der Waals surface area contributed by atoms with Gasteiger partial charge in [-0.3, -0.25) is 0 Å². The third-order valence-corrected chi connectivity index (χ3v) is 2.64. The summed E-state index contributed by atoms with van der Waals surface area (Å²) >= 11 is 0. The topological polar surface area (TPSA) is 62.2 Å². The first-order chi connectivity index (χ1) is 8.58. The number of rotatable bonds is 4. The van der Waals surface area contributed by atoms with E-state index in [4.69, 9.17) is 0 Å². The summed E-state index contributed by atoms with van der Waals surface area (Å²) < 4.78 is 0. The molecule has 94 valence electrons. The van der Waals surface area contributed by atoms with Crippen molar-refractivity contribution in [3.05, 3.63) is 35.9 Å². The molecule has 0 amide bonds. The van der Waals surface area contributed by atoms with Gasteiger partial charge in [0.15, 0.2) is 0 Å². The van der Waals surface area contributed by atoms with Crippen LogP contribution in [0.3, 0.4) is 0 Å². The number of aromatic nitrogens is 1. The molecule has 0 saturated heterocycles. The van der Waals surface area contributed by atoms with E-state index in [-0.39, 0.29) is 5.56 Å². The van der Waals surface area contributed by atoms with E-state index in [2.05, 4.69) is 24.1 Å². The Kier molecular flexibility index (Phi) is 3.46. The maximum absolute atomic E-state index is 11.2. The standard InChI is InChI=1S/C14H16N2O2/c1-9(2)8-15-13-7-11(14(17)18)10-5-3-4-6-12(10)16-13/h3-7,9H,8H2,1-2H3,(H,15,16)(H,17,18). The first-order valence-electron chi connectivity index (χ1n) is 5.95. The van der Waals surface area contributed by atoms with Gasteiger partial charge in [0.2, 0.25) is 0 Å². The zero-order valence-corrected chi connectivity index (χ0v) is 10.5. The summed E-state index contributed by atoms with van der Waals surface area (Å²) in [5, 5.41) is 13.1. The molecule has 0 aliphatic rings. The zero-order valence-electron chi connectivity index (χ0n) is 10.5. The van der Waals surface area contributed by atoms with E-state index in [0.717, 1.165) is 6.54 Å². The van der Waals surface area contributed by atoms with Crippen LogP contribution < -0.4 is 5.32 Å². The second kappa shape index (κ2) is 5.04. The molecule has 4 heteroatoms. The molecule has 1 aromatic carbocycles. The number of aromatic carboxylic acids is 1. The number of nitrogens with one attached hydrogen (secondary N) is 1. The van der Waals surface area contributed by atoms with Crippen LogP contribution in [0.15, 0.2) is 30.3 Å². The molecule has 0 fully saturated rings. The molecule has 4 nitrogen and oxygen atoms in total. The summed E-state index contributed by atoms with van der Waals surface area (Å²) in [5.74, 6) is 0.160. The van der Waals surface area contributed by atoms with Gasteiger partial charge < -0.3 is 10.4 Å². The summed E-state index contributed by atoms with van der Waals surface area (Å²) in [6, 6.07) is 8.86. The van der Waals surface area contributed by atoms with Crippen LogP contribution in [-0.2, 0) is 0 Å². The Hall–Kier alpha value is -2.10. The number of carboxylic acids is 1. The fourth-order valence-corrected chi connectivity index (χ4v) is 1.75. The second-order valence-corrected chi connectivity index (χ2v) is 4.65. The van der Waals surface area contributed by atoms with E-state index in [9.17, 15) is 9.90 Å². The number of nitrogens with zero attached hydrogens (tertiary/aromatic N) is 1. The number of carbonyl (C=O) groups is 1. The highest BCUT2D eigenvalue weighted by molar-refractivity contribution is 6.03.